The predicted molar refractivity (Wildman–Crippen MR) is 72.0 cm³/mol. The molecule has 0 aliphatic carbocycles. The van der Waals surface area contributed by atoms with Crippen molar-refractivity contribution in [1.82, 2.24) is 0 Å². The van der Waals surface area contributed by atoms with Gasteiger partial charge in [-0.25, -0.2) is 4.39 Å². The molecule has 2 rings (SSSR count). The molecule has 1 N–H and O–H groups in total. The highest BCUT2D eigenvalue weighted by Gasteiger charge is 2.17. The second-order valence-electron chi connectivity index (χ2n) is 4.81. The number of hydrogen-bond donors (Lipinski definition) is 1. The summed E-state index contributed by atoms with van der Waals surface area (Å²) >= 11 is 3.31. The van der Waals surface area contributed by atoms with E-state index in [-0.39, 0.29) is 11.9 Å². The van der Waals surface area contributed by atoms with Gasteiger partial charge >= 0.3 is 0 Å². The zero-order valence-electron chi connectivity index (χ0n) is 10.2. The lowest BCUT2D eigenvalue weighted by molar-refractivity contribution is 0.0811. The largest absolute Gasteiger partial charge is 0.393 e. The molecule has 2 atom stereocenters. The molecule has 1 aliphatic rings. The van der Waals surface area contributed by atoms with Gasteiger partial charge in [-0.3, -0.25) is 0 Å². The van der Waals surface area contributed by atoms with E-state index in [0.717, 1.165) is 30.3 Å². The van der Waals surface area contributed by atoms with Crippen LogP contribution in [0.1, 0.15) is 31.2 Å². The normalized spacial score (nSPS) is 21.2. The molecule has 0 saturated carbocycles. The van der Waals surface area contributed by atoms with Gasteiger partial charge in [0, 0.05) is 17.5 Å². The Balaban J connectivity index is 1.82. The van der Waals surface area contributed by atoms with E-state index in [4.69, 9.17) is 4.74 Å². The van der Waals surface area contributed by atoms with Crippen LogP contribution < -0.4 is 0 Å². The third-order valence-corrected chi connectivity index (χ3v) is 3.80. The second kappa shape index (κ2) is 6.64. The molecule has 18 heavy (non-hydrogen) atoms. The average Bonchev–Trinajstić information content (AvgIpc) is 2.84. The van der Waals surface area contributed by atoms with Crippen molar-refractivity contribution in [2.24, 2.45) is 0 Å². The maximum absolute atomic E-state index is 13.5. The van der Waals surface area contributed by atoms with Crippen molar-refractivity contribution < 1.29 is 14.2 Å². The summed E-state index contributed by atoms with van der Waals surface area (Å²) in [6, 6.07) is 4.81. The van der Waals surface area contributed by atoms with Crippen LogP contribution in [-0.2, 0) is 11.2 Å². The monoisotopic (exact) mass is 316 g/mol. The molecule has 1 fully saturated rings. The molecular formula is C14H18BrFO2. The topological polar surface area (TPSA) is 29.5 Å². The van der Waals surface area contributed by atoms with Gasteiger partial charge in [-0.2, -0.15) is 0 Å². The van der Waals surface area contributed by atoms with Crippen molar-refractivity contribution in [1.29, 1.82) is 0 Å². The number of aliphatic hydroxyl groups excluding tert-OH is 1. The first-order valence-corrected chi connectivity index (χ1v) is 7.18. The maximum atomic E-state index is 13.5. The summed E-state index contributed by atoms with van der Waals surface area (Å²) in [6.07, 6.45) is 3.86. The number of ether oxygens (including phenoxy) is 1. The Labute approximate surface area is 115 Å². The highest BCUT2D eigenvalue weighted by atomic mass is 79.9. The van der Waals surface area contributed by atoms with E-state index >= 15 is 0 Å². The van der Waals surface area contributed by atoms with Crippen LogP contribution in [0, 0.1) is 5.82 Å². The molecular weight excluding hydrogens is 299 g/mol. The van der Waals surface area contributed by atoms with Gasteiger partial charge in [-0.05, 0) is 49.4 Å². The fourth-order valence-electron chi connectivity index (χ4n) is 2.31. The third-order valence-electron chi connectivity index (χ3n) is 3.31. The quantitative estimate of drug-likeness (QED) is 0.901. The summed E-state index contributed by atoms with van der Waals surface area (Å²) in [4.78, 5) is 0. The SMILES string of the molecule is OC(CCC1CCCO1)Cc1cc(Br)ccc1F. The first-order chi connectivity index (χ1) is 8.65. The van der Waals surface area contributed by atoms with Gasteiger partial charge in [-0.1, -0.05) is 15.9 Å². The van der Waals surface area contributed by atoms with Gasteiger partial charge in [0.05, 0.1) is 12.2 Å². The van der Waals surface area contributed by atoms with Crippen LogP contribution in [-0.4, -0.2) is 23.9 Å². The van der Waals surface area contributed by atoms with Crippen LogP contribution in [0.2, 0.25) is 0 Å². The van der Waals surface area contributed by atoms with E-state index < -0.39 is 6.10 Å². The van der Waals surface area contributed by atoms with Crippen molar-refractivity contribution in [2.45, 2.75) is 44.3 Å². The summed E-state index contributed by atoms with van der Waals surface area (Å²) in [5, 5.41) is 9.94. The van der Waals surface area contributed by atoms with Crippen molar-refractivity contribution in [3.8, 4) is 0 Å². The van der Waals surface area contributed by atoms with Gasteiger partial charge < -0.3 is 9.84 Å². The standard InChI is InChI=1S/C14H18BrFO2/c15-11-3-6-14(16)10(8-11)9-12(17)4-5-13-2-1-7-18-13/h3,6,8,12-13,17H,1-2,4-5,7,9H2. The van der Waals surface area contributed by atoms with Crippen molar-refractivity contribution in [3.63, 3.8) is 0 Å². The van der Waals surface area contributed by atoms with Crippen LogP contribution in [0.25, 0.3) is 0 Å². The zero-order valence-corrected chi connectivity index (χ0v) is 11.8. The smallest absolute Gasteiger partial charge is 0.126 e. The number of benzene rings is 1. The van der Waals surface area contributed by atoms with E-state index in [1.807, 2.05) is 0 Å². The maximum Gasteiger partial charge on any atom is 0.126 e. The fourth-order valence-corrected chi connectivity index (χ4v) is 2.71. The minimum absolute atomic E-state index is 0.255. The predicted octanol–water partition coefficient (Wildman–Crippen LogP) is 3.45. The Hall–Kier alpha value is -0.450. The molecule has 0 aromatic heterocycles. The molecule has 1 aliphatic heterocycles. The van der Waals surface area contributed by atoms with Gasteiger partial charge in [0.2, 0.25) is 0 Å². The third kappa shape index (κ3) is 4.04. The molecule has 0 bridgehead atoms. The Morgan fingerprint density at radius 1 is 1.50 bits per heavy atom. The summed E-state index contributed by atoms with van der Waals surface area (Å²) in [5.74, 6) is -0.255. The molecule has 0 amide bonds. The number of halogens is 2. The summed E-state index contributed by atoms with van der Waals surface area (Å²) in [6.45, 7) is 0.834. The number of rotatable bonds is 5. The summed E-state index contributed by atoms with van der Waals surface area (Å²) in [7, 11) is 0. The van der Waals surface area contributed by atoms with E-state index in [0.29, 0.717) is 18.4 Å². The van der Waals surface area contributed by atoms with Crippen LogP contribution in [0.5, 0.6) is 0 Å². The van der Waals surface area contributed by atoms with Crippen LogP contribution >= 0.6 is 15.9 Å². The van der Waals surface area contributed by atoms with Crippen LogP contribution in [0.3, 0.4) is 0 Å². The molecule has 1 saturated heterocycles. The van der Waals surface area contributed by atoms with Gasteiger partial charge in [0.1, 0.15) is 5.82 Å². The highest BCUT2D eigenvalue weighted by Crippen LogP contribution is 2.21. The minimum Gasteiger partial charge on any atom is -0.393 e. The lowest BCUT2D eigenvalue weighted by Crippen LogP contribution is -2.15. The lowest BCUT2D eigenvalue weighted by atomic mass is 10.0. The van der Waals surface area contributed by atoms with E-state index in [1.54, 1.807) is 12.1 Å². The van der Waals surface area contributed by atoms with Crippen molar-refractivity contribution >= 4 is 15.9 Å². The molecule has 4 heteroatoms. The Kier molecular flexibility index (Phi) is 5.15. The second-order valence-corrected chi connectivity index (χ2v) is 5.72. The summed E-state index contributed by atoms with van der Waals surface area (Å²) in [5.41, 5.74) is 0.559. The zero-order chi connectivity index (χ0) is 13.0. The average molecular weight is 317 g/mol. The molecule has 2 nitrogen and oxygen atoms in total. The Morgan fingerprint density at radius 3 is 3.06 bits per heavy atom. The highest BCUT2D eigenvalue weighted by molar-refractivity contribution is 9.10. The molecule has 100 valence electrons. The Bertz CT molecular complexity index is 391. The molecule has 2 unspecified atom stereocenters. The van der Waals surface area contributed by atoms with Crippen LogP contribution in [0.4, 0.5) is 4.39 Å². The van der Waals surface area contributed by atoms with E-state index in [9.17, 15) is 9.50 Å². The lowest BCUT2D eigenvalue weighted by Gasteiger charge is -2.14. The van der Waals surface area contributed by atoms with Crippen molar-refractivity contribution in [2.75, 3.05) is 6.61 Å². The Morgan fingerprint density at radius 2 is 2.33 bits per heavy atom. The first-order valence-electron chi connectivity index (χ1n) is 6.39. The molecule has 1 aromatic carbocycles. The number of aliphatic hydroxyl groups is 1. The van der Waals surface area contributed by atoms with Crippen molar-refractivity contribution in [3.05, 3.63) is 34.1 Å². The molecule has 0 spiro atoms. The molecule has 0 radical (unpaired) electrons. The number of hydrogen-bond acceptors (Lipinski definition) is 2. The first kappa shape index (κ1) is 14.0. The molecule has 1 aromatic rings. The van der Waals surface area contributed by atoms with E-state index in [2.05, 4.69) is 15.9 Å². The van der Waals surface area contributed by atoms with E-state index in [1.165, 1.54) is 6.07 Å². The molecule has 1 heterocycles. The van der Waals surface area contributed by atoms with Gasteiger partial charge in [0.25, 0.3) is 0 Å². The van der Waals surface area contributed by atoms with Gasteiger partial charge in [-0.15, -0.1) is 0 Å². The van der Waals surface area contributed by atoms with Gasteiger partial charge in [0.15, 0.2) is 0 Å². The van der Waals surface area contributed by atoms with Crippen LogP contribution in [0.15, 0.2) is 22.7 Å². The summed E-state index contributed by atoms with van der Waals surface area (Å²) < 4.78 is 19.9. The fraction of sp³-hybridized carbons (Fsp3) is 0.571. The minimum atomic E-state index is -0.502.